The summed E-state index contributed by atoms with van der Waals surface area (Å²) in [6, 6.07) is 11.1. The number of hydrogen-bond acceptors (Lipinski definition) is 11. The second-order valence-electron chi connectivity index (χ2n) is 10.6. The van der Waals surface area contributed by atoms with E-state index in [1.807, 2.05) is 0 Å². The number of nitrogens with two attached hydrogens (primary N) is 1. The van der Waals surface area contributed by atoms with Gasteiger partial charge < -0.3 is 36.2 Å². The summed E-state index contributed by atoms with van der Waals surface area (Å²) in [5.74, 6) is -3.42. The summed E-state index contributed by atoms with van der Waals surface area (Å²) in [6.45, 7) is 3.39. The summed E-state index contributed by atoms with van der Waals surface area (Å²) in [7, 11) is -4.93. The van der Waals surface area contributed by atoms with Gasteiger partial charge in [-0.1, -0.05) is 25.1 Å². The van der Waals surface area contributed by atoms with Crippen LogP contribution in [-0.2, 0) is 30.8 Å². The number of phosphoric acid groups is 1. The first-order chi connectivity index (χ1) is 23.7. The maximum absolute atomic E-state index is 15.2. The van der Waals surface area contributed by atoms with Crippen LogP contribution in [0.1, 0.15) is 55.2 Å². The Morgan fingerprint density at radius 2 is 1.90 bits per heavy atom. The summed E-state index contributed by atoms with van der Waals surface area (Å²) in [5, 5.41) is 31.3. The number of aromatic nitrogens is 4. The van der Waals surface area contributed by atoms with Crippen LogP contribution < -0.4 is 11.5 Å². The number of carboxylic acid groups (broad SMARTS) is 1. The first-order valence-electron chi connectivity index (χ1n) is 15.2. The van der Waals surface area contributed by atoms with Gasteiger partial charge in [-0.2, -0.15) is 10.4 Å². The van der Waals surface area contributed by atoms with E-state index >= 15 is 4.39 Å². The van der Waals surface area contributed by atoms with Crippen molar-refractivity contribution in [1.29, 1.82) is 5.26 Å². The number of hydrogen-bond donors (Lipinski definition) is 6. The largest absolute Gasteiger partial charge is 0.480 e. The number of nitriles is 1. The quantitative estimate of drug-likeness (QED) is 0.0583. The molecule has 272 valence electrons. The van der Waals surface area contributed by atoms with Crippen LogP contribution in [0.4, 0.5) is 8.78 Å². The van der Waals surface area contributed by atoms with E-state index in [4.69, 9.17) is 25.9 Å². The Balaban J connectivity index is 0.000000569. The Kier molecular flexibility index (Phi) is 17.4. The van der Waals surface area contributed by atoms with E-state index in [0.717, 1.165) is 31.0 Å². The number of nitrogens with zero attached hydrogens (tertiary/aromatic N) is 5. The van der Waals surface area contributed by atoms with Gasteiger partial charge in [0.05, 0.1) is 35.4 Å². The van der Waals surface area contributed by atoms with Crippen molar-refractivity contribution in [3.63, 3.8) is 0 Å². The van der Waals surface area contributed by atoms with Gasteiger partial charge in [-0.15, -0.1) is 11.3 Å². The molecule has 0 fully saturated rings. The summed E-state index contributed by atoms with van der Waals surface area (Å²) < 4.78 is 52.2. The summed E-state index contributed by atoms with van der Waals surface area (Å²) in [5.41, 5.74) is 8.90. The van der Waals surface area contributed by atoms with Crippen LogP contribution in [0, 0.1) is 23.0 Å². The van der Waals surface area contributed by atoms with Crippen LogP contribution in [0.15, 0.2) is 60.5 Å². The number of ether oxygens (including phenoxy) is 1. The smallest absolute Gasteiger partial charge is 0.471 e. The van der Waals surface area contributed by atoms with Crippen molar-refractivity contribution >= 4 is 25.1 Å². The SMILES string of the molecule is CCO.C[C@@H](c1nc(-c2ccc(C#N)cc2)cs1)[C@@](Cn1cncn1)(OCOP(=O)(O)O)c1ccc(F)cc1F.NC(CCCC[NH3+])C(=O)O. The molecule has 0 spiro atoms. The molecule has 3 atom stereocenters. The van der Waals surface area contributed by atoms with E-state index in [1.165, 1.54) is 34.7 Å². The van der Waals surface area contributed by atoms with Crippen LogP contribution in [0.5, 0.6) is 0 Å². The second-order valence-corrected chi connectivity index (χ2v) is 12.7. The third-order valence-corrected chi connectivity index (χ3v) is 8.49. The van der Waals surface area contributed by atoms with Gasteiger partial charge in [-0.05, 0) is 44.4 Å². The van der Waals surface area contributed by atoms with Crippen molar-refractivity contribution in [2.24, 2.45) is 5.73 Å². The number of phosphoric ester groups is 1. The van der Waals surface area contributed by atoms with Crippen LogP contribution >= 0.6 is 19.2 Å². The molecule has 2 heterocycles. The number of carbonyl (C=O) groups is 1. The van der Waals surface area contributed by atoms with Gasteiger partial charge in [0.1, 0.15) is 35.9 Å². The molecular formula is C31H41F2N7O8PS+. The molecule has 9 N–H and O–H groups in total. The normalized spacial score (nSPS) is 13.4. The number of aliphatic hydroxyl groups is 1. The van der Waals surface area contributed by atoms with Crippen molar-refractivity contribution in [3.8, 4) is 17.3 Å². The van der Waals surface area contributed by atoms with E-state index in [-0.39, 0.29) is 18.7 Å². The van der Waals surface area contributed by atoms with E-state index in [0.29, 0.717) is 28.8 Å². The van der Waals surface area contributed by atoms with Gasteiger partial charge in [0.25, 0.3) is 0 Å². The monoisotopic (exact) mass is 740 g/mol. The number of thiazole rings is 1. The summed E-state index contributed by atoms with van der Waals surface area (Å²) in [6.07, 6.45) is 5.00. The van der Waals surface area contributed by atoms with Crippen LogP contribution in [0.25, 0.3) is 11.3 Å². The Morgan fingerprint density at radius 3 is 2.44 bits per heavy atom. The molecule has 0 aliphatic carbocycles. The molecule has 2 aromatic carbocycles. The third-order valence-electron chi connectivity index (χ3n) is 7.02. The highest BCUT2D eigenvalue weighted by atomic mass is 32.1. The van der Waals surface area contributed by atoms with Crippen molar-refractivity contribution < 1.29 is 53.1 Å². The first kappa shape index (κ1) is 42.1. The molecule has 0 bridgehead atoms. The summed E-state index contributed by atoms with van der Waals surface area (Å²) in [4.78, 5) is 37.1. The van der Waals surface area contributed by atoms with Gasteiger partial charge in [-0.25, -0.2) is 28.0 Å². The highest BCUT2D eigenvalue weighted by Crippen LogP contribution is 2.46. The molecule has 50 heavy (non-hydrogen) atoms. The zero-order valence-corrected chi connectivity index (χ0v) is 29.1. The van der Waals surface area contributed by atoms with Gasteiger partial charge >= 0.3 is 13.8 Å². The zero-order valence-electron chi connectivity index (χ0n) is 27.4. The molecule has 19 heteroatoms. The molecule has 4 rings (SSSR count). The minimum Gasteiger partial charge on any atom is -0.480 e. The van der Waals surface area contributed by atoms with Gasteiger partial charge in [-0.3, -0.25) is 9.32 Å². The predicted molar refractivity (Wildman–Crippen MR) is 178 cm³/mol. The molecule has 0 aliphatic rings. The average Bonchev–Trinajstić information content (AvgIpc) is 3.77. The van der Waals surface area contributed by atoms with Crippen molar-refractivity contribution in [2.45, 2.75) is 57.2 Å². The molecule has 0 amide bonds. The molecule has 0 saturated carbocycles. The molecule has 4 aromatic rings. The number of unbranched alkanes of at least 4 members (excludes halogenated alkanes) is 1. The Labute approximate surface area is 291 Å². The standard InChI is InChI=1S/C23H20F2N5O5PS.C6H14N2O2.C2H6O/c1-15(22-29-21(10-37-22)17-4-2-16(9-26)3-5-17)23(11-30-13-27-12-28-30,34-14-35-36(31,32)33)19-7-6-18(24)8-20(19)25;7-4-2-1-3-5(8)6(9)10;1-2-3/h2-8,10,12-13,15H,11,14H2,1H3,(H2,31,32,33);5H,1-4,7-8H2,(H,9,10);3H,2H2,1H3/p+1/t15-,23+;;/m0../s1. The van der Waals surface area contributed by atoms with Crippen molar-refractivity contribution in [2.75, 3.05) is 19.9 Å². The Hall–Kier alpha value is -4.02. The number of rotatable bonds is 15. The number of quaternary nitrogens is 1. The van der Waals surface area contributed by atoms with E-state index < -0.39 is 49.8 Å². The molecule has 0 radical (unpaired) electrons. The molecular weight excluding hydrogens is 699 g/mol. The number of halogens is 2. The van der Waals surface area contributed by atoms with E-state index in [2.05, 4.69) is 31.4 Å². The van der Waals surface area contributed by atoms with E-state index in [9.17, 15) is 23.5 Å². The summed E-state index contributed by atoms with van der Waals surface area (Å²) >= 11 is 1.25. The molecule has 15 nitrogen and oxygen atoms in total. The second kappa shape index (κ2) is 20.6. The average molecular weight is 741 g/mol. The maximum Gasteiger partial charge on any atom is 0.471 e. The lowest BCUT2D eigenvalue weighted by Gasteiger charge is -2.38. The first-order valence-corrected chi connectivity index (χ1v) is 17.6. The molecule has 1 unspecified atom stereocenters. The maximum atomic E-state index is 15.2. The fourth-order valence-corrected chi connectivity index (χ4v) is 5.65. The van der Waals surface area contributed by atoms with Gasteiger partial charge in [0.15, 0.2) is 6.79 Å². The highest BCUT2D eigenvalue weighted by molar-refractivity contribution is 7.46. The lowest BCUT2D eigenvalue weighted by molar-refractivity contribution is -0.368. The van der Waals surface area contributed by atoms with Gasteiger partial charge in [0.2, 0.25) is 0 Å². The lowest BCUT2D eigenvalue weighted by Crippen LogP contribution is -2.50. The lowest BCUT2D eigenvalue weighted by atomic mass is 9.81. The van der Waals surface area contributed by atoms with Gasteiger partial charge in [0, 0.05) is 35.1 Å². The Morgan fingerprint density at radius 1 is 1.22 bits per heavy atom. The van der Waals surface area contributed by atoms with Crippen LogP contribution in [-0.4, -0.2) is 71.7 Å². The van der Waals surface area contributed by atoms with Crippen molar-refractivity contribution in [1.82, 2.24) is 19.7 Å². The van der Waals surface area contributed by atoms with E-state index in [1.54, 1.807) is 43.5 Å². The van der Waals surface area contributed by atoms with Crippen LogP contribution in [0.2, 0.25) is 0 Å². The third kappa shape index (κ3) is 13.0. The number of benzene rings is 2. The molecule has 0 aliphatic heterocycles. The predicted octanol–water partition coefficient (Wildman–Crippen LogP) is 3.14. The minimum absolute atomic E-state index is 0.0960. The highest BCUT2D eigenvalue weighted by Gasteiger charge is 2.45. The number of aliphatic carboxylic acids is 1. The Bertz CT molecular complexity index is 1700. The minimum atomic E-state index is -4.93. The number of aliphatic hydroxyl groups excluding tert-OH is 1. The van der Waals surface area contributed by atoms with Crippen LogP contribution in [0.3, 0.4) is 0 Å². The fraction of sp³-hybridized carbons (Fsp3) is 0.387. The fourth-order valence-electron chi connectivity index (χ4n) is 4.49. The number of carboxylic acids is 1. The van der Waals surface area contributed by atoms with Crippen molar-refractivity contribution in [3.05, 3.63) is 88.3 Å². The zero-order chi connectivity index (χ0) is 37.3. The molecule has 2 aromatic heterocycles. The molecule has 0 saturated heterocycles. The topological polar surface area (TPSA) is 255 Å².